The Balaban J connectivity index is -0.000000424. The summed E-state index contributed by atoms with van der Waals surface area (Å²) in [6.45, 7) is 11.4. The van der Waals surface area contributed by atoms with Gasteiger partial charge >= 0.3 is 16.8 Å². The van der Waals surface area contributed by atoms with Crippen LogP contribution >= 0.6 is 0 Å². The van der Waals surface area contributed by atoms with Crippen molar-refractivity contribution in [3.63, 3.8) is 0 Å². The van der Waals surface area contributed by atoms with Gasteiger partial charge in [-0.05, 0) is 27.7 Å². The van der Waals surface area contributed by atoms with E-state index in [2.05, 4.69) is 29.9 Å². The van der Waals surface area contributed by atoms with Crippen LogP contribution in [0.2, 0.25) is 0 Å². The standard InChI is InChI=1S/C12H20N2O2.2C4H6N2.BrH.Co/c1-9(7-11(3)15)13-5-6-14-10(2)8-12(4)16;2*1-4-5-2-3-6-4;;/h7-8,15-16H,5-6H2,1-4H3;2*2-3H,1H3,(H,5,6);1H;/q;;;;+3/p-3/b11-7-,12-8-,13-9?,14-10?;;;;. The summed E-state index contributed by atoms with van der Waals surface area (Å²) in [5.41, 5.74) is 1.41. The molecule has 0 bridgehead atoms. The van der Waals surface area contributed by atoms with E-state index in [1.165, 1.54) is 26.0 Å². The molecule has 8 nitrogen and oxygen atoms in total. The van der Waals surface area contributed by atoms with Gasteiger partial charge in [-0.25, -0.2) is 9.97 Å². The van der Waals surface area contributed by atoms with Crippen LogP contribution in [0.3, 0.4) is 0 Å². The van der Waals surface area contributed by atoms with Crippen molar-refractivity contribution in [3.8, 4) is 0 Å². The number of nitrogens with zero attached hydrogens (tertiary/aromatic N) is 4. The van der Waals surface area contributed by atoms with Crippen LogP contribution in [0.25, 0.3) is 0 Å². The summed E-state index contributed by atoms with van der Waals surface area (Å²) in [5, 5.41) is 21.4. The largest absolute Gasteiger partial charge is 3.00 e. The van der Waals surface area contributed by atoms with Crippen molar-refractivity contribution in [1.82, 2.24) is 19.9 Å². The van der Waals surface area contributed by atoms with Crippen LogP contribution < -0.4 is 27.2 Å². The number of H-pyrrole nitrogens is 2. The zero-order valence-corrected chi connectivity index (χ0v) is 20.8. The number of aryl methyl sites for hydroxylation is 2. The van der Waals surface area contributed by atoms with Crippen molar-refractivity contribution in [3.05, 3.63) is 60.1 Å². The number of aliphatic imine (C=N–C) groups is 2. The van der Waals surface area contributed by atoms with Gasteiger partial charge in [0, 0.05) is 36.2 Å². The van der Waals surface area contributed by atoms with Crippen LogP contribution in [-0.2, 0) is 16.8 Å². The molecule has 0 atom stereocenters. The molecular weight excluding hydrogens is 495 g/mol. The Hall–Kier alpha value is -2.17. The summed E-state index contributed by atoms with van der Waals surface area (Å²) in [5.74, 6) is 1.92. The van der Waals surface area contributed by atoms with E-state index in [0.717, 1.165) is 11.6 Å². The molecule has 0 saturated heterocycles. The number of aromatic amines is 2. The van der Waals surface area contributed by atoms with Crippen molar-refractivity contribution in [2.75, 3.05) is 13.1 Å². The molecule has 168 valence electrons. The summed E-state index contributed by atoms with van der Waals surface area (Å²) in [7, 11) is 0. The van der Waals surface area contributed by atoms with Crippen molar-refractivity contribution in [2.45, 2.75) is 41.5 Å². The van der Waals surface area contributed by atoms with Gasteiger partial charge in [-0.1, -0.05) is 26.0 Å². The first-order valence-electron chi connectivity index (χ1n) is 8.85. The van der Waals surface area contributed by atoms with E-state index in [9.17, 15) is 10.2 Å². The molecule has 0 aromatic carbocycles. The van der Waals surface area contributed by atoms with E-state index >= 15 is 0 Å². The minimum atomic E-state index is -0.00848. The first-order valence-corrected chi connectivity index (χ1v) is 8.85. The van der Waals surface area contributed by atoms with Crippen molar-refractivity contribution in [2.24, 2.45) is 9.98 Å². The average molecular weight is 525 g/mol. The second kappa shape index (κ2) is 20.1. The van der Waals surface area contributed by atoms with Crippen LogP contribution in [-0.4, -0.2) is 44.4 Å². The summed E-state index contributed by atoms with van der Waals surface area (Å²) < 4.78 is 0. The van der Waals surface area contributed by atoms with Crippen LogP contribution in [0.4, 0.5) is 0 Å². The summed E-state index contributed by atoms with van der Waals surface area (Å²) >= 11 is 0. The van der Waals surface area contributed by atoms with Crippen LogP contribution in [0, 0.1) is 13.8 Å². The van der Waals surface area contributed by atoms with E-state index < -0.39 is 0 Å². The molecule has 2 rings (SSSR count). The maximum Gasteiger partial charge on any atom is 3.00 e. The first kappa shape index (κ1) is 32.5. The molecule has 0 aliphatic rings. The second-order valence-electron chi connectivity index (χ2n) is 5.91. The number of hydrogen-bond acceptors (Lipinski definition) is 6. The maximum atomic E-state index is 10.7. The Labute approximate surface area is 199 Å². The molecular formula is C20H30BrCoN6O2. The molecule has 2 aromatic rings. The van der Waals surface area contributed by atoms with Crippen LogP contribution in [0.15, 0.2) is 58.4 Å². The quantitative estimate of drug-likeness (QED) is 0.291. The number of hydrogen-bond donors (Lipinski definition) is 2. The third-order valence-corrected chi connectivity index (χ3v) is 2.92. The van der Waals surface area contributed by atoms with E-state index in [1.807, 2.05) is 13.8 Å². The zero-order valence-electron chi connectivity index (χ0n) is 18.2. The monoisotopic (exact) mass is 524 g/mol. The van der Waals surface area contributed by atoms with Crippen molar-refractivity contribution >= 4 is 11.4 Å². The van der Waals surface area contributed by atoms with Gasteiger partial charge in [0.1, 0.15) is 11.6 Å². The molecule has 0 amide bonds. The summed E-state index contributed by atoms with van der Waals surface area (Å²) in [4.78, 5) is 21.8. The van der Waals surface area contributed by atoms with Gasteiger partial charge in [-0.3, -0.25) is 9.98 Å². The Bertz CT molecular complexity index is 695. The minimum absolute atomic E-state index is 0. The van der Waals surface area contributed by atoms with Gasteiger partial charge in [0.05, 0.1) is 13.1 Å². The Morgan fingerprint density at radius 3 is 1.33 bits per heavy atom. The molecule has 2 heterocycles. The van der Waals surface area contributed by atoms with E-state index in [1.54, 1.807) is 38.6 Å². The smallest absolute Gasteiger partial charge is 1.00 e. The van der Waals surface area contributed by atoms with Gasteiger partial charge in [-0.15, -0.1) is 11.5 Å². The average Bonchev–Trinajstić information content (AvgIpc) is 3.25. The molecule has 0 aliphatic carbocycles. The number of imidazole rings is 2. The molecule has 0 spiro atoms. The maximum absolute atomic E-state index is 10.7. The fraction of sp³-hybridized carbons (Fsp3) is 0.400. The number of aromatic nitrogens is 4. The van der Waals surface area contributed by atoms with Gasteiger partial charge in [0.25, 0.3) is 0 Å². The number of nitrogens with one attached hydrogen (secondary N) is 2. The van der Waals surface area contributed by atoms with Gasteiger partial charge in [0.15, 0.2) is 0 Å². The fourth-order valence-electron chi connectivity index (χ4n) is 1.82. The molecule has 0 radical (unpaired) electrons. The van der Waals surface area contributed by atoms with Gasteiger partial charge < -0.3 is 37.2 Å². The zero-order chi connectivity index (χ0) is 21.4. The SMILES string of the molecule is CC(/C=C(/C)[O-])=NCCN=C(C)/C=C(/C)[O-].Cc1ncc[nH]1.Cc1ncc[nH]1.[Br-].[Co+3]. The molecule has 0 unspecified atom stereocenters. The van der Waals surface area contributed by atoms with E-state index in [0.29, 0.717) is 24.5 Å². The second-order valence-corrected chi connectivity index (χ2v) is 5.91. The van der Waals surface area contributed by atoms with Gasteiger partial charge in [0.2, 0.25) is 0 Å². The number of halogens is 1. The van der Waals surface area contributed by atoms with Gasteiger partial charge in [-0.2, -0.15) is 0 Å². The van der Waals surface area contributed by atoms with Crippen LogP contribution in [0.5, 0.6) is 0 Å². The third-order valence-electron chi connectivity index (χ3n) is 2.92. The molecule has 2 N–H and O–H groups in total. The van der Waals surface area contributed by atoms with E-state index in [-0.39, 0.29) is 45.3 Å². The Kier molecular flexibility index (Phi) is 21.8. The number of rotatable bonds is 5. The fourth-order valence-corrected chi connectivity index (χ4v) is 1.82. The molecule has 0 aliphatic heterocycles. The molecule has 0 saturated carbocycles. The molecule has 2 aromatic heterocycles. The Morgan fingerprint density at radius 2 is 1.17 bits per heavy atom. The predicted molar refractivity (Wildman–Crippen MR) is 110 cm³/mol. The van der Waals surface area contributed by atoms with Crippen molar-refractivity contribution in [1.29, 1.82) is 0 Å². The summed E-state index contributed by atoms with van der Waals surface area (Å²) in [6, 6.07) is 0. The van der Waals surface area contributed by atoms with E-state index in [4.69, 9.17) is 0 Å². The Morgan fingerprint density at radius 1 is 0.833 bits per heavy atom. The third kappa shape index (κ3) is 22.1. The van der Waals surface area contributed by atoms with Crippen LogP contribution in [0.1, 0.15) is 39.3 Å². The molecule has 10 heteroatoms. The summed E-state index contributed by atoms with van der Waals surface area (Å²) in [6.07, 6.45) is 10.0. The first-order chi connectivity index (χ1) is 13.2. The molecule has 30 heavy (non-hydrogen) atoms. The normalized spacial score (nSPS) is 11.8. The predicted octanol–water partition coefficient (Wildman–Crippen LogP) is -1.13. The van der Waals surface area contributed by atoms with Crippen molar-refractivity contribution < 1.29 is 44.0 Å². The topological polar surface area (TPSA) is 128 Å². The minimum Gasteiger partial charge on any atom is -1.00 e. The molecule has 0 fully saturated rings. The number of allylic oxidation sites excluding steroid dienone is 4.